The quantitative estimate of drug-likeness (QED) is 0.678. The van der Waals surface area contributed by atoms with Crippen molar-refractivity contribution in [3.05, 3.63) is 23.8 Å². The Bertz CT molecular complexity index is 818. The molecule has 0 bridgehead atoms. The molecule has 0 unspecified atom stereocenters. The number of anilines is 2. The Morgan fingerprint density at radius 3 is 2.84 bits per heavy atom. The van der Waals surface area contributed by atoms with Crippen LogP contribution in [0.2, 0.25) is 0 Å². The van der Waals surface area contributed by atoms with Gasteiger partial charge >= 0.3 is 0 Å². The van der Waals surface area contributed by atoms with Gasteiger partial charge in [0, 0.05) is 5.56 Å². The van der Waals surface area contributed by atoms with Crippen molar-refractivity contribution in [3.63, 3.8) is 0 Å². The normalized spacial score (nSPS) is 10.5. The van der Waals surface area contributed by atoms with Crippen molar-refractivity contribution < 1.29 is 0 Å². The summed E-state index contributed by atoms with van der Waals surface area (Å²) in [4.78, 5) is 7.86. The minimum absolute atomic E-state index is 0.0306. The van der Waals surface area contributed by atoms with E-state index in [9.17, 15) is 0 Å². The molecule has 0 aliphatic carbocycles. The minimum atomic E-state index is 0.0306. The van der Waals surface area contributed by atoms with E-state index in [-0.39, 0.29) is 17.3 Å². The molecule has 0 atom stereocenters. The molecule has 0 spiro atoms. The molecule has 7 nitrogen and oxygen atoms in total. The maximum Gasteiger partial charge on any atom is 0.222 e. The Morgan fingerprint density at radius 2 is 2.05 bits per heavy atom. The van der Waals surface area contributed by atoms with E-state index in [0.29, 0.717) is 11.3 Å². The van der Waals surface area contributed by atoms with Crippen molar-refractivity contribution in [2.24, 2.45) is 0 Å². The van der Waals surface area contributed by atoms with Crippen LogP contribution in [0.4, 0.5) is 11.8 Å². The first-order chi connectivity index (χ1) is 9.19. The largest absolute Gasteiger partial charge is 0.382 e. The van der Waals surface area contributed by atoms with Gasteiger partial charge in [-0.3, -0.25) is 0 Å². The lowest BCUT2D eigenvalue weighted by Crippen LogP contribution is -2.04. The van der Waals surface area contributed by atoms with Gasteiger partial charge in [0.15, 0.2) is 0 Å². The third-order valence-electron chi connectivity index (χ3n) is 2.59. The van der Waals surface area contributed by atoms with Crippen molar-refractivity contribution in [1.29, 1.82) is 5.26 Å². The van der Waals surface area contributed by atoms with E-state index in [2.05, 4.69) is 19.6 Å². The standard InChI is InChI=1S/C11H7N7S/c12-4-6-9(15-11(14)16-10(6)13)5-1-2-8-7(3-5)17-18-19-8/h1-3H,(H4,13,14,15,16). The highest BCUT2D eigenvalue weighted by molar-refractivity contribution is 7.12. The summed E-state index contributed by atoms with van der Waals surface area (Å²) in [5, 5.41) is 13.1. The van der Waals surface area contributed by atoms with Crippen LogP contribution < -0.4 is 11.5 Å². The van der Waals surface area contributed by atoms with Crippen LogP contribution in [0.15, 0.2) is 18.2 Å². The lowest BCUT2D eigenvalue weighted by atomic mass is 10.1. The van der Waals surface area contributed by atoms with Crippen molar-refractivity contribution in [1.82, 2.24) is 19.6 Å². The molecule has 1 aromatic carbocycles. The smallest absolute Gasteiger partial charge is 0.222 e. The molecule has 92 valence electrons. The van der Waals surface area contributed by atoms with E-state index < -0.39 is 0 Å². The molecule has 0 aliphatic heterocycles. The monoisotopic (exact) mass is 269 g/mol. The summed E-state index contributed by atoms with van der Waals surface area (Å²) in [5.74, 6) is 0.101. The SMILES string of the molecule is N#Cc1c(N)nc(N)nc1-c1ccc2snnc2c1. The van der Waals surface area contributed by atoms with Gasteiger partial charge < -0.3 is 11.5 Å². The third kappa shape index (κ3) is 1.82. The topological polar surface area (TPSA) is 127 Å². The second-order valence-corrected chi connectivity index (χ2v) is 4.54. The molecule has 0 radical (unpaired) electrons. The number of benzene rings is 1. The van der Waals surface area contributed by atoms with Gasteiger partial charge in [-0.25, -0.2) is 4.98 Å². The Kier molecular flexibility index (Phi) is 2.47. The zero-order valence-electron chi connectivity index (χ0n) is 9.53. The number of nitriles is 1. The second kappa shape index (κ2) is 4.15. The molecule has 0 saturated heterocycles. The van der Waals surface area contributed by atoms with Gasteiger partial charge in [-0.1, -0.05) is 10.6 Å². The molecule has 19 heavy (non-hydrogen) atoms. The molecule has 2 aromatic heterocycles. The van der Waals surface area contributed by atoms with Crippen LogP contribution in [0.25, 0.3) is 21.5 Å². The summed E-state index contributed by atoms with van der Waals surface area (Å²) < 4.78 is 4.81. The fourth-order valence-electron chi connectivity index (χ4n) is 1.74. The zero-order chi connectivity index (χ0) is 13.4. The van der Waals surface area contributed by atoms with Crippen LogP contribution in [-0.2, 0) is 0 Å². The summed E-state index contributed by atoms with van der Waals surface area (Å²) in [5.41, 5.74) is 13.3. The van der Waals surface area contributed by atoms with E-state index in [0.717, 1.165) is 10.2 Å². The lowest BCUT2D eigenvalue weighted by Gasteiger charge is -2.06. The van der Waals surface area contributed by atoms with Gasteiger partial charge in [0.05, 0.1) is 10.4 Å². The van der Waals surface area contributed by atoms with E-state index >= 15 is 0 Å². The number of rotatable bonds is 1. The third-order valence-corrected chi connectivity index (χ3v) is 3.29. The number of nitrogens with two attached hydrogens (primary N) is 2. The average Bonchev–Trinajstić information content (AvgIpc) is 2.85. The van der Waals surface area contributed by atoms with Crippen LogP contribution in [0, 0.1) is 11.3 Å². The Hall–Kier alpha value is -2.79. The number of fused-ring (bicyclic) bond motifs is 1. The van der Waals surface area contributed by atoms with E-state index in [1.165, 1.54) is 11.5 Å². The molecule has 0 aliphatic rings. The predicted octanol–water partition coefficient (Wildman–Crippen LogP) is 1.18. The average molecular weight is 269 g/mol. The van der Waals surface area contributed by atoms with Crippen LogP contribution in [0.5, 0.6) is 0 Å². The summed E-state index contributed by atoms with van der Waals surface area (Å²) in [6.45, 7) is 0. The van der Waals surface area contributed by atoms with Crippen LogP contribution in [0.1, 0.15) is 5.56 Å². The number of nitrogens with zero attached hydrogens (tertiary/aromatic N) is 5. The first-order valence-corrected chi connectivity index (χ1v) is 6.02. The van der Waals surface area contributed by atoms with Gasteiger partial charge in [-0.2, -0.15) is 10.2 Å². The molecule has 3 rings (SSSR count). The van der Waals surface area contributed by atoms with Crippen molar-refractivity contribution in [2.75, 3.05) is 11.5 Å². The Labute approximate surface area is 111 Å². The van der Waals surface area contributed by atoms with Crippen molar-refractivity contribution in [3.8, 4) is 17.3 Å². The number of nitrogen functional groups attached to an aromatic ring is 2. The maximum absolute atomic E-state index is 9.15. The molecular formula is C11H7N7S. The summed E-state index contributed by atoms with van der Waals surface area (Å²) in [6.07, 6.45) is 0. The molecule has 0 fully saturated rings. The van der Waals surface area contributed by atoms with Crippen molar-refractivity contribution in [2.45, 2.75) is 0 Å². The Balaban J connectivity index is 2.28. The number of aromatic nitrogens is 4. The lowest BCUT2D eigenvalue weighted by molar-refractivity contribution is 1.18. The zero-order valence-corrected chi connectivity index (χ0v) is 10.3. The van der Waals surface area contributed by atoms with E-state index in [1.807, 2.05) is 18.2 Å². The fourth-order valence-corrected chi connectivity index (χ4v) is 2.28. The van der Waals surface area contributed by atoms with Crippen LogP contribution in [-0.4, -0.2) is 19.6 Å². The first-order valence-electron chi connectivity index (χ1n) is 5.24. The number of hydrogen-bond donors (Lipinski definition) is 2. The highest BCUT2D eigenvalue weighted by Crippen LogP contribution is 2.28. The molecular weight excluding hydrogens is 262 g/mol. The fraction of sp³-hybridized carbons (Fsp3) is 0. The highest BCUT2D eigenvalue weighted by Gasteiger charge is 2.14. The van der Waals surface area contributed by atoms with Gasteiger partial charge in [0.1, 0.15) is 23.0 Å². The summed E-state index contributed by atoms with van der Waals surface area (Å²) >= 11 is 1.30. The molecule has 0 amide bonds. The maximum atomic E-state index is 9.15. The Morgan fingerprint density at radius 1 is 1.21 bits per heavy atom. The molecule has 4 N–H and O–H groups in total. The minimum Gasteiger partial charge on any atom is -0.382 e. The predicted molar refractivity (Wildman–Crippen MR) is 72.0 cm³/mol. The molecule has 0 saturated carbocycles. The number of hydrogen-bond acceptors (Lipinski definition) is 8. The highest BCUT2D eigenvalue weighted by atomic mass is 32.1. The van der Waals surface area contributed by atoms with Gasteiger partial charge in [-0.05, 0) is 23.7 Å². The van der Waals surface area contributed by atoms with Crippen LogP contribution >= 0.6 is 11.5 Å². The molecule has 3 aromatic rings. The van der Waals surface area contributed by atoms with Gasteiger partial charge in [-0.15, -0.1) is 5.10 Å². The van der Waals surface area contributed by atoms with Gasteiger partial charge in [0.2, 0.25) is 5.95 Å². The van der Waals surface area contributed by atoms with Crippen LogP contribution in [0.3, 0.4) is 0 Å². The first kappa shape index (κ1) is 11.3. The molecule has 2 heterocycles. The summed E-state index contributed by atoms with van der Waals surface area (Å²) in [6, 6.07) is 7.47. The van der Waals surface area contributed by atoms with Gasteiger partial charge in [0.25, 0.3) is 0 Å². The van der Waals surface area contributed by atoms with Crippen molar-refractivity contribution >= 4 is 33.5 Å². The summed E-state index contributed by atoms with van der Waals surface area (Å²) in [7, 11) is 0. The van der Waals surface area contributed by atoms with E-state index in [4.69, 9.17) is 16.7 Å². The van der Waals surface area contributed by atoms with E-state index in [1.54, 1.807) is 6.07 Å². The molecule has 8 heteroatoms. The second-order valence-electron chi connectivity index (χ2n) is 3.76.